The average molecular weight is 1230 g/mol. The van der Waals surface area contributed by atoms with Crippen LogP contribution in [0.25, 0.3) is 11.3 Å². The number of rotatable bonds is 15. The molecule has 4 saturated heterocycles. The molecular weight excluding hydrogens is 1150 g/mol. The summed E-state index contributed by atoms with van der Waals surface area (Å²) in [5.41, 5.74) is 9.37. The molecule has 19 nitrogen and oxygen atoms in total. The van der Waals surface area contributed by atoms with Crippen molar-refractivity contribution in [3.05, 3.63) is 203 Å². The summed E-state index contributed by atoms with van der Waals surface area (Å²) in [6.45, 7) is 8.70. The molecule has 5 N–H and O–H groups in total. The van der Waals surface area contributed by atoms with E-state index >= 15 is 0 Å². The van der Waals surface area contributed by atoms with Crippen LogP contribution in [0.2, 0.25) is 10.0 Å². The standard InChI is InChI=1S/C33H37ClN8O.C26H31ClN8O.C7H6O.CH4/c34-27-10-8-26(9-11-27)33(24-43)14-19-40(20-15-33)30-7-4-16-41-31(30)37-32(38-41)36-28-21-35-42(23-28)29-12-17-39(18-13-29)22-25-5-2-1-3-6-25;27-20-5-3-19(4-6-20)26(18-36)9-14-33(15-10-26)23-2-1-13-34-24(23)31-25(32-34)30-21-16-29-35(17-21)22-7-11-28-12-8-22;8-6-7-4-2-1-3-5-7;/h1-11,16,21,23,29,43H,12-15,17-20,22,24H2,(H,36,38);1-6,13,16-17,22,28,36H,7-12,14-15,18H2,(H,30,32);1-6H;1H4. The zero-order valence-electron chi connectivity index (χ0n) is 48.7. The molecule has 458 valence electrons. The zero-order chi connectivity index (χ0) is 59.6. The van der Waals surface area contributed by atoms with Crippen molar-refractivity contribution < 1.29 is 15.0 Å². The van der Waals surface area contributed by atoms with E-state index in [4.69, 9.17) is 38.3 Å². The number of aromatic nitrogens is 10. The summed E-state index contributed by atoms with van der Waals surface area (Å²) in [7, 11) is 0. The topological polar surface area (TPSA) is 199 Å². The maximum atomic E-state index is 10.4. The van der Waals surface area contributed by atoms with Gasteiger partial charge in [-0.3, -0.25) is 19.1 Å². The van der Waals surface area contributed by atoms with E-state index < -0.39 is 0 Å². The van der Waals surface area contributed by atoms with Crippen molar-refractivity contribution in [1.29, 1.82) is 0 Å². The zero-order valence-corrected chi connectivity index (χ0v) is 50.2. The number of carbonyl (C=O) groups excluding carboxylic acids is 1. The molecule has 0 unspecified atom stereocenters. The molecule has 6 aromatic heterocycles. The molecule has 10 aromatic rings. The van der Waals surface area contributed by atoms with E-state index in [1.54, 1.807) is 12.1 Å². The van der Waals surface area contributed by atoms with Gasteiger partial charge in [-0.15, -0.1) is 10.2 Å². The Hall–Kier alpha value is -8.17. The number of pyridine rings is 2. The second-order valence-electron chi connectivity index (χ2n) is 23.2. The lowest BCUT2D eigenvalue weighted by Crippen LogP contribution is -2.45. The number of carbonyl (C=O) groups is 1. The molecule has 4 aromatic carbocycles. The lowest BCUT2D eigenvalue weighted by molar-refractivity contribution is 0.112. The van der Waals surface area contributed by atoms with Crippen LogP contribution in [0.4, 0.5) is 34.6 Å². The van der Waals surface area contributed by atoms with Gasteiger partial charge in [0.15, 0.2) is 11.3 Å². The van der Waals surface area contributed by atoms with Crippen molar-refractivity contribution in [1.82, 2.24) is 59.0 Å². The third-order valence-corrected chi connectivity index (χ3v) is 18.3. The van der Waals surface area contributed by atoms with E-state index in [1.807, 2.05) is 124 Å². The molecule has 21 heteroatoms. The molecular formula is C67H78Cl2N16O3. The van der Waals surface area contributed by atoms with Gasteiger partial charge in [0, 0.05) is 97.0 Å². The van der Waals surface area contributed by atoms with E-state index in [9.17, 15) is 15.0 Å². The van der Waals surface area contributed by atoms with Crippen LogP contribution in [0.5, 0.6) is 0 Å². The predicted octanol–water partition coefficient (Wildman–Crippen LogP) is 11.6. The molecule has 0 amide bonds. The molecule has 88 heavy (non-hydrogen) atoms. The molecule has 4 aliphatic heterocycles. The highest BCUT2D eigenvalue weighted by molar-refractivity contribution is 6.30. The second-order valence-corrected chi connectivity index (χ2v) is 24.1. The van der Waals surface area contributed by atoms with Gasteiger partial charge in [-0.05, 0) is 130 Å². The molecule has 0 radical (unpaired) electrons. The molecule has 14 rings (SSSR count). The van der Waals surface area contributed by atoms with Crippen LogP contribution in [-0.2, 0) is 17.4 Å². The fourth-order valence-electron chi connectivity index (χ4n) is 12.7. The Bertz CT molecular complexity index is 3810. The van der Waals surface area contributed by atoms with Gasteiger partial charge in [0.1, 0.15) is 6.29 Å². The number of aldehydes is 1. The van der Waals surface area contributed by atoms with Crippen LogP contribution >= 0.6 is 23.2 Å². The first-order chi connectivity index (χ1) is 42.6. The minimum atomic E-state index is -0.259. The summed E-state index contributed by atoms with van der Waals surface area (Å²) in [5, 5.41) is 50.8. The van der Waals surface area contributed by atoms with E-state index in [1.165, 1.54) is 5.56 Å². The third kappa shape index (κ3) is 14.2. The Labute approximate surface area is 524 Å². The van der Waals surface area contributed by atoms with Crippen molar-refractivity contribution in [3.8, 4) is 0 Å². The first-order valence-corrected chi connectivity index (χ1v) is 31.0. The number of halogens is 2. The minimum Gasteiger partial charge on any atom is -0.395 e. The van der Waals surface area contributed by atoms with Crippen molar-refractivity contribution in [3.63, 3.8) is 0 Å². The summed E-state index contributed by atoms with van der Waals surface area (Å²) in [4.78, 5) is 26.9. The first kappa shape index (κ1) is 61.5. The van der Waals surface area contributed by atoms with Gasteiger partial charge in [-0.2, -0.15) is 20.2 Å². The number of fused-ring (bicyclic) bond motifs is 2. The van der Waals surface area contributed by atoms with Crippen molar-refractivity contribution >= 4 is 75.4 Å². The number of benzene rings is 4. The number of nitrogens with one attached hydrogen (secondary N) is 3. The Balaban J connectivity index is 0.000000161. The number of aliphatic hydroxyl groups excluding tert-OH is 2. The molecule has 0 bridgehead atoms. The van der Waals surface area contributed by atoms with Gasteiger partial charge in [0.25, 0.3) is 0 Å². The molecule has 4 fully saturated rings. The number of anilines is 6. The van der Waals surface area contributed by atoms with Crippen LogP contribution < -0.4 is 25.8 Å². The molecule has 4 aliphatic rings. The smallest absolute Gasteiger partial charge is 0.247 e. The Morgan fingerprint density at radius 2 is 1.00 bits per heavy atom. The number of nitrogens with zero attached hydrogens (tertiary/aromatic N) is 13. The molecule has 0 saturated carbocycles. The number of piperidine rings is 4. The normalized spacial score (nSPS) is 17.1. The van der Waals surface area contributed by atoms with Crippen molar-refractivity contribution in [2.45, 2.75) is 88.3 Å². The van der Waals surface area contributed by atoms with E-state index in [2.05, 4.69) is 99.3 Å². The van der Waals surface area contributed by atoms with E-state index in [-0.39, 0.29) is 31.5 Å². The Morgan fingerprint density at radius 3 is 1.43 bits per heavy atom. The minimum absolute atomic E-state index is 0. The molecule has 10 heterocycles. The highest BCUT2D eigenvalue weighted by atomic mass is 35.5. The van der Waals surface area contributed by atoms with Gasteiger partial charge >= 0.3 is 0 Å². The SMILES string of the molecule is C.O=Cc1ccccc1.OCC1(c2ccc(Cl)cc2)CCN(c2cccn3nc(Nc4cnn(C5CCN(Cc6ccccc6)CC5)c4)nc23)CC1.OCC1(c2ccc(Cl)cc2)CCN(c2cccn3nc(Nc4cnn(C5CCNCC5)c4)nc23)CC1. The van der Waals surface area contributed by atoms with Crippen LogP contribution in [-0.4, -0.2) is 136 Å². The monoisotopic (exact) mass is 1220 g/mol. The highest BCUT2D eigenvalue weighted by Gasteiger charge is 2.38. The maximum Gasteiger partial charge on any atom is 0.247 e. The van der Waals surface area contributed by atoms with Gasteiger partial charge < -0.3 is 36.0 Å². The Morgan fingerprint density at radius 1 is 0.557 bits per heavy atom. The van der Waals surface area contributed by atoms with Crippen LogP contribution in [0.1, 0.15) is 97.9 Å². The quantitative estimate of drug-likeness (QED) is 0.0607. The number of hydrogen-bond acceptors (Lipinski definition) is 15. The van der Waals surface area contributed by atoms with Crippen LogP contribution in [0.3, 0.4) is 0 Å². The van der Waals surface area contributed by atoms with E-state index in [0.717, 1.165) is 167 Å². The molecule has 0 atom stereocenters. The fourth-order valence-corrected chi connectivity index (χ4v) is 12.9. The lowest BCUT2D eigenvalue weighted by atomic mass is 9.73. The van der Waals surface area contributed by atoms with Gasteiger partial charge in [-0.25, -0.2) is 9.03 Å². The van der Waals surface area contributed by atoms with Gasteiger partial charge in [-0.1, -0.05) is 116 Å². The second kappa shape index (κ2) is 28.3. The van der Waals surface area contributed by atoms with Gasteiger partial charge in [0.05, 0.1) is 60.4 Å². The van der Waals surface area contributed by atoms with Gasteiger partial charge in [0.2, 0.25) is 11.9 Å². The van der Waals surface area contributed by atoms with Crippen molar-refractivity contribution in [2.24, 2.45) is 0 Å². The predicted molar refractivity (Wildman–Crippen MR) is 350 cm³/mol. The third-order valence-electron chi connectivity index (χ3n) is 17.8. The first-order valence-electron chi connectivity index (χ1n) is 30.2. The molecule has 0 aliphatic carbocycles. The summed E-state index contributed by atoms with van der Waals surface area (Å²) < 4.78 is 7.79. The van der Waals surface area contributed by atoms with Crippen molar-refractivity contribution in [2.75, 3.05) is 86.0 Å². The lowest BCUT2D eigenvalue weighted by Gasteiger charge is -2.42. The number of aliphatic hydroxyl groups is 2. The number of hydrogen-bond donors (Lipinski definition) is 5. The summed E-state index contributed by atoms with van der Waals surface area (Å²) in [6.07, 6.45) is 20.2. The maximum absolute atomic E-state index is 10.4. The summed E-state index contributed by atoms with van der Waals surface area (Å²) in [5.74, 6) is 1.10. The van der Waals surface area contributed by atoms with E-state index in [0.29, 0.717) is 34.0 Å². The number of likely N-dealkylation sites (tertiary alicyclic amines) is 1. The summed E-state index contributed by atoms with van der Waals surface area (Å²) in [6, 6.07) is 44.6. The van der Waals surface area contributed by atoms with Crippen LogP contribution in [0, 0.1) is 0 Å². The summed E-state index contributed by atoms with van der Waals surface area (Å²) >= 11 is 12.2. The molecule has 0 spiro atoms. The fraction of sp³-hybridized carbons (Fsp3) is 0.358. The van der Waals surface area contributed by atoms with Crippen LogP contribution in [0.15, 0.2) is 171 Å². The largest absolute Gasteiger partial charge is 0.395 e. The Kier molecular flexibility index (Phi) is 19.8. The average Bonchev–Trinajstić information content (AvgIpc) is 2.78. The highest BCUT2D eigenvalue weighted by Crippen LogP contribution is 2.40.